The lowest BCUT2D eigenvalue weighted by atomic mass is 10.2. The van der Waals surface area contributed by atoms with Crippen LogP contribution in [0, 0.1) is 0 Å². The molecule has 4 rings (SSSR count). The third kappa shape index (κ3) is 3.23. The van der Waals surface area contributed by atoms with Crippen molar-refractivity contribution in [1.82, 2.24) is 9.38 Å². The van der Waals surface area contributed by atoms with Gasteiger partial charge in [-0.1, -0.05) is 42.5 Å². The summed E-state index contributed by atoms with van der Waals surface area (Å²) in [6.07, 6.45) is 1.72. The maximum absolute atomic E-state index is 13.1. The molecule has 6 nitrogen and oxygen atoms in total. The second kappa shape index (κ2) is 7.36. The second-order valence-electron chi connectivity index (χ2n) is 6.26. The summed E-state index contributed by atoms with van der Waals surface area (Å²) in [5, 5.41) is 2.82. The Morgan fingerprint density at radius 3 is 2.25 bits per heavy atom. The first-order valence-electron chi connectivity index (χ1n) is 8.82. The van der Waals surface area contributed by atoms with Crippen LogP contribution in [0.3, 0.4) is 0 Å². The number of nitrogens with one attached hydrogen (secondary N) is 1. The molecular weight excluding hydrogens is 352 g/mol. The Kier molecular flexibility index (Phi) is 4.60. The maximum atomic E-state index is 13.1. The first-order chi connectivity index (χ1) is 13.6. The number of carbonyl (C=O) groups is 2. The molecule has 2 heterocycles. The molecule has 0 spiro atoms. The summed E-state index contributed by atoms with van der Waals surface area (Å²) in [7, 11) is 1.69. The van der Waals surface area contributed by atoms with E-state index in [1.54, 1.807) is 41.9 Å². The summed E-state index contributed by atoms with van der Waals surface area (Å²) in [5.74, 6) is -0.508. The molecular formula is C22H18N4O2. The quantitative estimate of drug-likeness (QED) is 0.593. The maximum Gasteiger partial charge on any atom is 0.292 e. The molecule has 0 atom stereocenters. The zero-order valence-electron chi connectivity index (χ0n) is 15.2. The lowest BCUT2D eigenvalue weighted by Gasteiger charge is -2.16. The Morgan fingerprint density at radius 1 is 0.893 bits per heavy atom. The summed E-state index contributed by atoms with van der Waals surface area (Å²) >= 11 is 0. The first kappa shape index (κ1) is 17.5. The number of amides is 2. The first-order valence-corrected chi connectivity index (χ1v) is 8.82. The zero-order valence-corrected chi connectivity index (χ0v) is 15.2. The van der Waals surface area contributed by atoms with Gasteiger partial charge in [0.25, 0.3) is 11.8 Å². The second-order valence-corrected chi connectivity index (χ2v) is 6.26. The summed E-state index contributed by atoms with van der Waals surface area (Å²) in [4.78, 5) is 31.8. The summed E-state index contributed by atoms with van der Waals surface area (Å²) in [6.45, 7) is 0. The van der Waals surface area contributed by atoms with Crippen molar-refractivity contribution in [3.05, 3.63) is 96.6 Å². The molecule has 2 amide bonds. The van der Waals surface area contributed by atoms with Crippen LogP contribution in [0.1, 0.15) is 21.1 Å². The fourth-order valence-corrected chi connectivity index (χ4v) is 2.99. The number of fused-ring (bicyclic) bond motifs is 1. The highest BCUT2D eigenvalue weighted by atomic mass is 16.2. The van der Waals surface area contributed by atoms with Gasteiger partial charge < -0.3 is 10.2 Å². The van der Waals surface area contributed by atoms with Gasteiger partial charge in [0, 0.05) is 24.6 Å². The minimum absolute atomic E-state index is 0.157. The summed E-state index contributed by atoms with van der Waals surface area (Å²) in [6, 6.07) is 23.8. The van der Waals surface area contributed by atoms with Crippen LogP contribution >= 0.6 is 0 Å². The van der Waals surface area contributed by atoms with E-state index in [-0.39, 0.29) is 23.3 Å². The number of pyridine rings is 1. The molecule has 138 valence electrons. The van der Waals surface area contributed by atoms with Gasteiger partial charge in [0.05, 0.1) is 5.52 Å². The van der Waals surface area contributed by atoms with Gasteiger partial charge in [-0.05, 0) is 36.4 Å². The predicted molar refractivity (Wildman–Crippen MR) is 109 cm³/mol. The standard InChI is InChI=1S/C22H18N4O2/c1-25(17-12-6-3-7-13-17)22(28)19-18-14-8-9-15-26(18)20(24-19)21(27)23-16-10-4-2-5-11-16/h2-15H,1H3,(H,23,27). The summed E-state index contributed by atoms with van der Waals surface area (Å²) < 4.78 is 1.63. The lowest BCUT2D eigenvalue weighted by molar-refractivity contribution is 0.0990. The van der Waals surface area contributed by atoms with Crippen molar-refractivity contribution in [3.8, 4) is 0 Å². The van der Waals surface area contributed by atoms with Gasteiger partial charge >= 0.3 is 0 Å². The highest BCUT2D eigenvalue weighted by Crippen LogP contribution is 2.20. The van der Waals surface area contributed by atoms with Gasteiger partial charge in [0.1, 0.15) is 0 Å². The SMILES string of the molecule is CN(C(=O)c1nc(C(=O)Nc2ccccc2)n2ccccc12)c1ccccc1. The molecule has 28 heavy (non-hydrogen) atoms. The number of benzene rings is 2. The van der Waals surface area contributed by atoms with E-state index in [0.717, 1.165) is 5.69 Å². The molecule has 2 aromatic carbocycles. The molecule has 0 aliphatic rings. The van der Waals surface area contributed by atoms with Gasteiger partial charge in [0.15, 0.2) is 5.69 Å². The van der Waals surface area contributed by atoms with E-state index in [4.69, 9.17) is 0 Å². The van der Waals surface area contributed by atoms with Crippen molar-refractivity contribution in [2.75, 3.05) is 17.3 Å². The molecule has 2 aromatic heterocycles. The van der Waals surface area contributed by atoms with Gasteiger partial charge in [0.2, 0.25) is 5.82 Å². The number of rotatable bonds is 4. The number of para-hydroxylation sites is 2. The van der Waals surface area contributed by atoms with Gasteiger partial charge in [-0.15, -0.1) is 0 Å². The van der Waals surface area contributed by atoms with Crippen LogP contribution < -0.4 is 10.2 Å². The number of anilines is 2. The molecule has 4 aromatic rings. The Morgan fingerprint density at radius 2 is 1.54 bits per heavy atom. The van der Waals surface area contributed by atoms with Crippen LogP contribution in [0.2, 0.25) is 0 Å². The average molecular weight is 370 g/mol. The minimum atomic E-state index is -0.381. The summed E-state index contributed by atoms with van der Waals surface area (Å²) in [5.41, 5.74) is 2.22. The monoisotopic (exact) mass is 370 g/mol. The van der Waals surface area contributed by atoms with E-state index >= 15 is 0 Å². The predicted octanol–water partition coefficient (Wildman–Crippen LogP) is 3.86. The number of hydrogen-bond acceptors (Lipinski definition) is 3. The smallest absolute Gasteiger partial charge is 0.292 e. The van der Waals surface area contributed by atoms with E-state index in [1.165, 1.54) is 4.90 Å². The Balaban J connectivity index is 1.72. The van der Waals surface area contributed by atoms with Crippen LogP contribution in [-0.4, -0.2) is 28.2 Å². The molecule has 0 fully saturated rings. The molecule has 1 N–H and O–H groups in total. The van der Waals surface area contributed by atoms with Crippen molar-refractivity contribution in [2.45, 2.75) is 0 Å². The number of nitrogens with zero attached hydrogens (tertiary/aromatic N) is 3. The van der Waals surface area contributed by atoms with Gasteiger partial charge in [-0.25, -0.2) is 4.98 Å². The van der Waals surface area contributed by atoms with Crippen LogP contribution in [0.25, 0.3) is 5.52 Å². The molecule has 0 radical (unpaired) electrons. The number of hydrogen-bond donors (Lipinski definition) is 1. The van der Waals surface area contributed by atoms with E-state index in [0.29, 0.717) is 11.2 Å². The molecule has 0 unspecified atom stereocenters. The van der Waals surface area contributed by atoms with Gasteiger partial charge in [-0.2, -0.15) is 0 Å². The Bertz CT molecular complexity index is 1140. The Labute approximate surface area is 162 Å². The van der Waals surface area contributed by atoms with E-state index in [2.05, 4.69) is 10.3 Å². The zero-order chi connectivity index (χ0) is 19.5. The largest absolute Gasteiger partial charge is 0.319 e. The van der Waals surface area contributed by atoms with Crippen LogP contribution in [-0.2, 0) is 0 Å². The molecule has 0 saturated heterocycles. The fourth-order valence-electron chi connectivity index (χ4n) is 2.99. The van der Waals surface area contributed by atoms with Crippen LogP contribution in [0.5, 0.6) is 0 Å². The number of aromatic nitrogens is 2. The van der Waals surface area contributed by atoms with Crippen LogP contribution in [0.15, 0.2) is 85.1 Å². The topological polar surface area (TPSA) is 66.7 Å². The van der Waals surface area contributed by atoms with Crippen molar-refractivity contribution >= 4 is 28.7 Å². The average Bonchev–Trinajstić information content (AvgIpc) is 3.14. The van der Waals surface area contributed by atoms with Crippen molar-refractivity contribution < 1.29 is 9.59 Å². The number of carbonyl (C=O) groups excluding carboxylic acids is 2. The van der Waals surface area contributed by atoms with Crippen molar-refractivity contribution in [2.24, 2.45) is 0 Å². The van der Waals surface area contributed by atoms with E-state index in [1.807, 2.05) is 54.6 Å². The van der Waals surface area contributed by atoms with Gasteiger partial charge in [-0.3, -0.25) is 14.0 Å². The normalized spacial score (nSPS) is 10.6. The fraction of sp³-hybridized carbons (Fsp3) is 0.0455. The molecule has 0 aliphatic heterocycles. The van der Waals surface area contributed by atoms with Crippen molar-refractivity contribution in [3.63, 3.8) is 0 Å². The van der Waals surface area contributed by atoms with E-state index in [9.17, 15) is 9.59 Å². The molecule has 0 saturated carbocycles. The third-order valence-electron chi connectivity index (χ3n) is 4.43. The third-order valence-corrected chi connectivity index (χ3v) is 4.43. The molecule has 0 aliphatic carbocycles. The Hall–Kier alpha value is -3.93. The number of imidazole rings is 1. The molecule has 0 bridgehead atoms. The highest BCUT2D eigenvalue weighted by molar-refractivity contribution is 6.11. The highest BCUT2D eigenvalue weighted by Gasteiger charge is 2.24. The lowest BCUT2D eigenvalue weighted by Crippen LogP contribution is -2.26. The van der Waals surface area contributed by atoms with E-state index < -0.39 is 0 Å². The van der Waals surface area contributed by atoms with Crippen LogP contribution in [0.4, 0.5) is 11.4 Å². The molecule has 6 heteroatoms. The van der Waals surface area contributed by atoms with Crippen molar-refractivity contribution in [1.29, 1.82) is 0 Å². The minimum Gasteiger partial charge on any atom is -0.319 e.